The molecule has 0 amide bonds. The summed E-state index contributed by atoms with van der Waals surface area (Å²) in [5, 5.41) is 14.3. The molecule has 2 N–H and O–H groups in total. The molecular weight excluding hydrogens is 295 g/mol. The predicted octanol–water partition coefficient (Wildman–Crippen LogP) is 2.59. The number of nitrogens with zero attached hydrogens (tertiary/aromatic N) is 1. The number of hydrogen-bond acceptors (Lipinski definition) is 3. The Bertz CT molecular complexity index is 422. The van der Waals surface area contributed by atoms with Crippen molar-refractivity contribution in [3.63, 3.8) is 0 Å². The van der Waals surface area contributed by atoms with Gasteiger partial charge in [-0.15, -0.1) is 0 Å². The van der Waals surface area contributed by atoms with Crippen LogP contribution in [0.2, 0.25) is 15.1 Å². The van der Waals surface area contributed by atoms with Crippen molar-refractivity contribution in [2.45, 2.75) is 6.04 Å². The number of hydrogen-bond donors (Lipinski definition) is 2. The molecule has 0 spiro atoms. The molecule has 2 rings (SSSR count). The third-order valence-electron chi connectivity index (χ3n) is 3.15. The zero-order valence-electron chi connectivity index (χ0n) is 9.80. The van der Waals surface area contributed by atoms with Crippen LogP contribution in [0.15, 0.2) is 12.1 Å². The number of aliphatic hydroxyl groups is 1. The summed E-state index contributed by atoms with van der Waals surface area (Å²) in [6, 6.07) is 3.23. The van der Waals surface area contributed by atoms with Crippen LogP contribution in [0.4, 0.5) is 0 Å². The van der Waals surface area contributed by atoms with Gasteiger partial charge in [-0.2, -0.15) is 0 Å². The molecule has 1 atom stereocenters. The molecule has 1 heterocycles. The minimum atomic E-state index is -0.157. The van der Waals surface area contributed by atoms with Crippen molar-refractivity contribution in [2.75, 3.05) is 32.8 Å². The molecule has 0 aromatic heterocycles. The van der Waals surface area contributed by atoms with E-state index in [9.17, 15) is 5.11 Å². The molecule has 0 saturated carbocycles. The summed E-state index contributed by atoms with van der Waals surface area (Å²) < 4.78 is 0. The maximum absolute atomic E-state index is 9.63. The average molecular weight is 310 g/mol. The van der Waals surface area contributed by atoms with Crippen molar-refractivity contribution < 1.29 is 5.11 Å². The smallest absolute Gasteiger partial charge is 0.0642 e. The largest absolute Gasteiger partial charge is 0.394 e. The highest BCUT2D eigenvalue weighted by atomic mass is 35.5. The normalized spacial score (nSPS) is 18.9. The van der Waals surface area contributed by atoms with E-state index in [0.29, 0.717) is 15.1 Å². The zero-order chi connectivity index (χ0) is 13.1. The molecule has 1 fully saturated rings. The second kappa shape index (κ2) is 6.42. The first-order valence-corrected chi connectivity index (χ1v) is 6.97. The molecule has 0 aliphatic carbocycles. The molecule has 1 aliphatic rings. The second-order valence-corrected chi connectivity index (χ2v) is 5.50. The SMILES string of the molecule is OC[C@H](c1cc(Cl)cc(Cl)c1Cl)N1CCNCC1. The van der Waals surface area contributed by atoms with Gasteiger partial charge in [-0.05, 0) is 17.7 Å². The Morgan fingerprint density at radius 3 is 2.50 bits per heavy atom. The van der Waals surface area contributed by atoms with Crippen molar-refractivity contribution in [2.24, 2.45) is 0 Å². The molecule has 0 unspecified atom stereocenters. The lowest BCUT2D eigenvalue weighted by Gasteiger charge is -2.34. The highest BCUT2D eigenvalue weighted by Gasteiger charge is 2.24. The number of rotatable bonds is 3. The first-order chi connectivity index (χ1) is 8.63. The quantitative estimate of drug-likeness (QED) is 0.843. The van der Waals surface area contributed by atoms with Gasteiger partial charge in [-0.3, -0.25) is 4.90 Å². The second-order valence-electron chi connectivity index (χ2n) is 4.28. The van der Waals surface area contributed by atoms with Gasteiger partial charge in [-0.1, -0.05) is 34.8 Å². The Hall–Kier alpha value is -0.0300. The molecule has 0 radical (unpaired) electrons. The number of halogens is 3. The molecule has 3 nitrogen and oxygen atoms in total. The van der Waals surface area contributed by atoms with Gasteiger partial charge in [0.15, 0.2) is 0 Å². The van der Waals surface area contributed by atoms with Gasteiger partial charge in [0, 0.05) is 31.2 Å². The summed E-state index contributed by atoms with van der Waals surface area (Å²) in [4.78, 5) is 2.18. The Kier molecular flexibility index (Phi) is 5.13. The summed E-state index contributed by atoms with van der Waals surface area (Å²) >= 11 is 18.3. The third kappa shape index (κ3) is 3.10. The van der Waals surface area contributed by atoms with Crippen molar-refractivity contribution in [3.8, 4) is 0 Å². The van der Waals surface area contributed by atoms with Gasteiger partial charge in [0.25, 0.3) is 0 Å². The molecule has 6 heteroatoms. The number of nitrogens with one attached hydrogen (secondary N) is 1. The van der Waals surface area contributed by atoms with Gasteiger partial charge in [0.1, 0.15) is 0 Å². The molecule has 1 aromatic carbocycles. The minimum Gasteiger partial charge on any atom is -0.394 e. The van der Waals surface area contributed by atoms with Crippen LogP contribution in [0.3, 0.4) is 0 Å². The van der Waals surface area contributed by atoms with Crippen molar-refractivity contribution >= 4 is 34.8 Å². The van der Waals surface area contributed by atoms with Crippen LogP contribution in [0, 0.1) is 0 Å². The molecule has 1 saturated heterocycles. The molecule has 1 aliphatic heterocycles. The van der Waals surface area contributed by atoms with Crippen LogP contribution in [0.25, 0.3) is 0 Å². The van der Waals surface area contributed by atoms with Crippen LogP contribution < -0.4 is 5.32 Å². The zero-order valence-corrected chi connectivity index (χ0v) is 12.1. The van der Waals surface area contributed by atoms with E-state index in [1.165, 1.54) is 0 Å². The van der Waals surface area contributed by atoms with Crippen molar-refractivity contribution in [1.82, 2.24) is 10.2 Å². The fourth-order valence-corrected chi connectivity index (χ4v) is 2.97. The predicted molar refractivity (Wildman–Crippen MR) is 75.7 cm³/mol. The van der Waals surface area contributed by atoms with E-state index in [4.69, 9.17) is 34.8 Å². The molecule has 100 valence electrons. The molecule has 1 aromatic rings. The summed E-state index contributed by atoms with van der Waals surface area (Å²) in [6.07, 6.45) is 0. The van der Waals surface area contributed by atoms with Gasteiger partial charge in [0.2, 0.25) is 0 Å². The van der Waals surface area contributed by atoms with E-state index < -0.39 is 0 Å². The highest BCUT2D eigenvalue weighted by molar-refractivity contribution is 6.43. The summed E-state index contributed by atoms with van der Waals surface area (Å²) in [5.74, 6) is 0. The Balaban J connectivity index is 2.31. The van der Waals surface area contributed by atoms with Crippen LogP contribution in [0.1, 0.15) is 11.6 Å². The van der Waals surface area contributed by atoms with Crippen LogP contribution in [-0.2, 0) is 0 Å². The van der Waals surface area contributed by atoms with E-state index in [1.807, 2.05) is 0 Å². The fraction of sp³-hybridized carbons (Fsp3) is 0.500. The van der Waals surface area contributed by atoms with E-state index in [1.54, 1.807) is 12.1 Å². The topological polar surface area (TPSA) is 35.5 Å². The Morgan fingerprint density at radius 2 is 1.89 bits per heavy atom. The lowest BCUT2D eigenvalue weighted by molar-refractivity contribution is 0.111. The van der Waals surface area contributed by atoms with Gasteiger partial charge >= 0.3 is 0 Å². The highest BCUT2D eigenvalue weighted by Crippen LogP contribution is 2.35. The number of piperazine rings is 1. The number of aliphatic hydroxyl groups excluding tert-OH is 1. The Morgan fingerprint density at radius 1 is 1.22 bits per heavy atom. The summed E-state index contributed by atoms with van der Waals surface area (Å²) in [7, 11) is 0. The van der Waals surface area contributed by atoms with Crippen LogP contribution in [-0.4, -0.2) is 42.8 Å². The maximum atomic E-state index is 9.63. The fourth-order valence-electron chi connectivity index (χ4n) is 2.22. The first-order valence-electron chi connectivity index (χ1n) is 5.83. The average Bonchev–Trinajstić information content (AvgIpc) is 2.37. The molecule has 0 bridgehead atoms. The minimum absolute atomic E-state index is 0.00358. The maximum Gasteiger partial charge on any atom is 0.0642 e. The van der Waals surface area contributed by atoms with E-state index in [0.717, 1.165) is 31.7 Å². The van der Waals surface area contributed by atoms with Gasteiger partial charge in [0.05, 0.1) is 22.7 Å². The lowest BCUT2D eigenvalue weighted by Crippen LogP contribution is -2.46. The summed E-state index contributed by atoms with van der Waals surface area (Å²) in [6.45, 7) is 3.54. The monoisotopic (exact) mass is 308 g/mol. The van der Waals surface area contributed by atoms with Crippen molar-refractivity contribution in [3.05, 3.63) is 32.8 Å². The van der Waals surface area contributed by atoms with Gasteiger partial charge < -0.3 is 10.4 Å². The van der Waals surface area contributed by atoms with E-state index in [-0.39, 0.29) is 12.6 Å². The first kappa shape index (κ1) is 14.4. The van der Waals surface area contributed by atoms with Crippen LogP contribution >= 0.6 is 34.8 Å². The van der Waals surface area contributed by atoms with Crippen molar-refractivity contribution in [1.29, 1.82) is 0 Å². The Labute approximate surface area is 122 Å². The number of benzene rings is 1. The van der Waals surface area contributed by atoms with Gasteiger partial charge in [-0.25, -0.2) is 0 Å². The van der Waals surface area contributed by atoms with Crippen LogP contribution in [0.5, 0.6) is 0 Å². The lowest BCUT2D eigenvalue weighted by atomic mass is 10.1. The standard InChI is InChI=1S/C12H15Cl3N2O/c13-8-5-9(12(15)10(14)6-8)11(7-18)17-3-1-16-2-4-17/h5-6,11,16,18H,1-4,7H2/t11-/m1/s1. The summed E-state index contributed by atoms with van der Waals surface area (Å²) in [5.41, 5.74) is 0.790. The third-order valence-corrected chi connectivity index (χ3v) is 4.18. The van der Waals surface area contributed by atoms with E-state index in [2.05, 4.69) is 10.2 Å². The molecular formula is C12H15Cl3N2O. The molecule has 18 heavy (non-hydrogen) atoms. The van der Waals surface area contributed by atoms with E-state index >= 15 is 0 Å².